The first-order chi connectivity index (χ1) is 9.41. The Balaban J connectivity index is 2.07. The van der Waals surface area contributed by atoms with Gasteiger partial charge in [0, 0.05) is 17.4 Å². The van der Waals surface area contributed by atoms with Crippen LogP contribution in [-0.2, 0) is 14.8 Å². The maximum absolute atomic E-state index is 12.0. The van der Waals surface area contributed by atoms with E-state index < -0.39 is 21.5 Å². The minimum Gasteiger partial charge on any atom is -0.370 e. The fourth-order valence-corrected chi connectivity index (χ4v) is 3.60. The number of benzene rings is 1. The third-order valence-corrected chi connectivity index (χ3v) is 4.63. The Labute approximate surface area is 118 Å². The van der Waals surface area contributed by atoms with Gasteiger partial charge in [-0.25, -0.2) is 13.1 Å². The zero-order chi connectivity index (χ0) is 14.6. The van der Waals surface area contributed by atoms with Crippen molar-refractivity contribution in [1.82, 2.24) is 4.72 Å². The monoisotopic (exact) mass is 294 g/mol. The highest BCUT2D eigenvalue weighted by Gasteiger charge is 2.41. The van der Waals surface area contributed by atoms with E-state index in [1.54, 1.807) is 0 Å². The summed E-state index contributed by atoms with van der Waals surface area (Å²) in [6, 6.07) is 9.16. The van der Waals surface area contributed by atoms with Crippen molar-refractivity contribution < 1.29 is 13.2 Å². The number of hydrogen-bond donors (Lipinski definition) is 2. The standard InChI is InChI=1S/C14H18N2O3S/c15-13(17)11-14(8-4-9-14)16-20(18,19)10-7-12-5-2-1-3-6-12/h1-3,5-7,10,16H,4,8-9,11H2,(H2,15,17)/b10-7+. The molecule has 5 nitrogen and oxygen atoms in total. The van der Waals surface area contributed by atoms with Gasteiger partial charge in [0.25, 0.3) is 0 Å². The molecule has 0 radical (unpaired) electrons. The minimum absolute atomic E-state index is 0.0470. The third-order valence-electron chi connectivity index (χ3n) is 3.42. The second-order valence-electron chi connectivity index (χ2n) is 5.14. The number of rotatable bonds is 6. The Morgan fingerprint density at radius 1 is 1.30 bits per heavy atom. The molecule has 1 saturated carbocycles. The summed E-state index contributed by atoms with van der Waals surface area (Å²) in [6.45, 7) is 0. The van der Waals surface area contributed by atoms with Crippen LogP contribution >= 0.6 is 0 Å². The summed E-state index contributed by atoms with van der Waals surface area (Å²) in [5.41, 5.74) is 5.29. The van der Waals surface area contributed by atoms with Gasteiger partial charge in [0.05, 0.1) is 0 Å². The smallest absolute Gasteiger partial charge is 0.234 e. The van der Waals surface area contributed by atoms with Crippen LogP contribution < -0.4 is 10.5 Å². The van der Waals surface area contributed by atoms with Gasteiger partial charge in [0.2, 0.25) is 15.9 Å². The molecule has 0 bridgehead atoms. The second-order valence-corrected chi connectivity index (χ2v) is 6.70. The summed E-state index contributed by atoms with van der Waals surface area (Å²) < 4.78 is 26.7. The van der Waals surface area contributed by atoms with E-state index in [1.807, 2.05) is 30.3 Å². The highest BCUT2D eigenvalue weighted by Crippen LogP contribution is 2.35. The first-order valence-electron chi connectivity index (χ1n) is 6.46. The summed E-state index contributed by atoms with van der Waals surface area (Å²) in [5.74, 6) is -0.487. The maximum Gasteiger partial charge on any atom is 0.234 e. The van der Waals surface area contributed by atoms with Crippen molar-refractivity contribution in [2.24, 2.45) is 5.73 Å². The molecule has 0 heterocycles. The van der Waals surface area contributed by atoms with Crippen LogP contribution in [0.5, 0.6) is 0 Å². The molecule has 3 N–H and O–H groups in total. The molecule has 1 aromatic rings. The molecule has 6 heteroatoms. The van der Waals surface area contributed by atoms with Gasteiger partial charge in [-0.1, -0.05) is 30.3 Å². The zero-order valence-electron chi connectivity index (χ0n) is 11.1. The third kappa shape index (κ3) is 3.91. The first-order valence-corrected chi connectivity index (χ1v) is 8.01. The molecule has 0 aliphatic heterocycles. The normalized spacial score (nSPS) is 17.8. The van der Waals surface area contributed by atoms with Crippen LogP contribution in [0.25, 0.3) is 6.08 Å². The molecule has 1 aliphatic carbocycles. The number of hydrogen-bond acceptors (Lipinski definition) is 3. The van der Waals surface area contributed by atoms with Crippen LogP contribution in [-0.4, -0.2) is 19.9 Å². The number of carbonyl (C=O) groups excluding carboxylic acids is 1. The molecule has 0 unspecified atom stereocenters. The van der Waals surface area contributed by atoms with Gasteiger partial charge in [0.1, 0.15) is 0 Å². The molecular formula is C14H18N2O3S. The lowest BCUT2D eigenvalue weighted by Gasteiger charge is -2.40. The van der Waals surface area contributed by atoms with Gasteiger partial charge in [0.15, 0.2) is 0 Å². The summed E-state index contributed by atoms with van der Waals surface area (Å²) in [4.78, 5) is 11.0. The van der Waals surface area contributed by atoms with Crippen LogP contribution in [0.2, 0.25) is 0 Å². The lowest BCUT2D eigenvalue weighted by atomic mass is 9.75. The van der Waals surface area contributed by atoms with Crippen molar-refractivity contribution in [2.75, 3.05) is 0 Å². The topological polar surface area (TPSA) is 89.3 Å². The van der Waals surface area contributed by atoms with E-state index in [9.17, 15) is 13.2 Å². The minimum atomic E-state index is -3.58. The van der Waals surface area contributed by atoms with E-state index in [0.717, 1.165) is 17.4 Å². The molecular weight excluding hydrogens is 276 g/mol. The predicted octanol–water partition coefficient (Wildman–Crippen LogP) is 1.37. The lowest BCUT2D eigenvalue weighted by molar-refractivity contribution is -0.120. The van der Waals surface area contributed by atoms with E-state index in [4.69, 9.17) is 5.73 Å². The molecule has 0 spiro atoms. The van der Waals surface area contributed by atoms with Crippen molar-refractivity contribution in [3.05, 3.63) is 41.3 Å². The average molecular weight is 294 g/mol. The van der Waals surface area contributed by atoms with Crippen molar-refractivity contribution in [2.45, 2.75) is 31.2 Å². The second kappa shape index (κ2) is 5.76. The van der Waals surface area contributed by atoms with E-state index in [1.165, 1.54) is 6.08 Å². The predicted molar refractivity (Wildman–Crippen MR) is 77.9 cm³/mol. The van der Waals surface area contributed by atoms with Gasteiger partial charge in [-0.15, -0.1) is 0 Å². The van der Waals surface area contributed by atoms with Crippen LogP contribution in [0.3, 0.4) is 0 Å². The van der Waals surface area contributed by atoms with Crippen LogP contribution in [0.4, 0.5) is 0 Å². The van der Waals surface area contributed by atoms with Gasteiger partial charge in [-0.3, -0.25) is 4.79 Å². The highest BCUT2D eigenvalue weighted by molar-refractivity contribution is 7.92. The maximum atomic E-state index is 12.0. The fraction of sp³-hybridized carbons (Fsp3) is 0.357. The highest BCUT2D eigenvalue weighted by atomic mass is 32.2. The van der Waals surface area contributed by atoms with Gasteiger partial charge < -0.3 is 5.73 Å². The molecule has 0 saturated heterocycles. The molecule has 2 rings (SSSR count). The Morgan fingerprint density at radius 3 is 2.45 bits per heavy atom. The largest absolute Gasteiger partial charge is 0.370 e. The van der Waals surface area contributed by atoms with Crippen molar-refractivity contribution in [3.8, 4) is 0 Å². The van der Waals surface area contributed by atoms with Crippen molar-refractivity contribution >= 4 is 22.0 Å². The number of sulfonamides is 1. The Kier molecular flexibility index (Phi) is 4.25. The van der Waals surface area contributed by atoms with Crippen LogP contribution in [0.1, 0.15) is 31.2 Å². The number of carbonyl (C=O) groups is 1. The van der Waals surface area contributed by atoms with E-state index in [2.05, 4.69) is 4.72 Å². The summed E-state index contributed by atoms with van der Waals surface area (Å²) in [6.07, 6.45) is 3.77. The molecule has 20 heavy (non-hydrogen) atoms. The number of nitrogens with one attached hydrogen (secondary N) is 1. The Morgan fingerprint density at radius 2 is 1.95 bits per heavy atom. The molecule has 1 aromatic carbocycles. The summed E-state index contributed by atoms with van der Waals surface area (Å²) in [5, 5.41) is 1.13. The van der Waals surface area contributed by atoms with E-state index >= 15 is 0 Å². The Bertz CT molecular complexity index is 605. The average Bonchev–Trinajstić information content (AvgIpc) is 2.34. The molecule has 1 aliphatic rings. The number of nitrogens with two attached hydrogens (primary N) is 1. The van der Waals surface area contributed by atoms with Crippen LogP contribution in [0, 0.1) is 0 Å². The summed E-state index contributed by atoms with van der Waals surface area (Å²) in [7, 11) is -3.58. The number of amides is 1. The Hall–Kier alpha value is -1.66. The molecule has 0 atom stereocenters. The first kappa shape index (κ1) is 14.7. The number of primary amides is 1. The lowest BCUT2D eigenvalue weighted by Crippen LogP contribution is -2.54. The van der Waals surface area contributed by atoms with E-state index in [-0.39, 0.29) is 6.42 Å². The van der Waals surface area contributed by atoms with Crippen molar-refractivity contribution in [3.63, 3.8) is 0 Å². The zero-order valence-corrected chi connectivity index (χ0v) is 11.9. The molecule has 1 amide bonds. The molecule has 0 aromatic heterocycles. The molecule has 108 valence electrons. The SMILES string of the molecule is NC(=O)CC1(NS(=O)(=O)/C=C/c2ccccc2)CCC1. The molecule has 1 fully saturated rings. The summed E-state index contributed by atoms with van der Waals surface area (Å²) >= 11 is 0. The van der Waals surface area contributed by atoms with Crippen molar-refractivity contribution in [1.29, 1.82) is 0 Å². The van der Waals surface area contributed by atoms with Gasteiger partial charge in [-0.2, -0.15) is 0 Å². The van der Waals surface area contributed by atoms with Gasteiger partial charge in [-0.05, 0) is 30.9 Å². The fourth-order valence-electron chi connectivity index (χ4n) is 2.32. The quantitative estimate of drug-likeness (QED) is 0.830. The van der Waals surface area contributed by atoms with Crippen LogP contribution in [0.15, 0.2) is 35.7 Å². The van der Waals surface area contributed by atoms with E-state index in [0.29, 0.717) is 12.8 Å². The van der Waals surface area contributed by atoms with Gasteiger partial charge >= 0.3 is 0 Å².